The number of amides is 1. The minimum absolute atomic E-state index is 0.0251. The summed E-state index contributed by atoms with van der Waals surface area (Å²) in [5, 5.41) is 3.24. The average Bonchev–Trinajstić information content (AvgIpc) is 3.26. The minimum Gasteiger partial charge on any atom is -0.376 e. The number of benzene rings is 2. The molecule has 1 aliphatic rings. The van der Waals surface area contributed by atoms with Gasteiger partial charge >= 0.3 is 5.69 Å². The second-order valence-corrected chi connectivity index (χ2v) is 7.24. The number of aromatic nitrogens is 2. The zero-order valence-electron chi connectivity index (χ0n) is 16.0. The van der Waals surface area contributed by atoms with Crippen LogP contribution in [-0.4, -0.2) is 34.7 Å². The van der Waals surface area contributed by atoms with E-state index in [1.807, 2.05) is 30.3 Å². The van der Waals surface area contributed by atoms with Crippen LogP contribution < -0.4 is 16.6 Å². The Morgan fingerprint density at radius 2 is 1.90 bits per heavy atom. The van der Waals surface area contributed by atoms with Gasteiger partial charge in [0.2, 0.25) is 5.91 Å². The second kappa shape index (κ2) is 8.45. The van der Waals surface area contributed by atoms with Gasteiger partial charge in [-0.3, -0.25) is 9.59 Å². The van der Waals surface area contributed by atoms with Crippen molar-refractivity contribution >= 4 is 16.8 Å². The lowest BCUT2D eigenvalue weighted by atomic mass is 10.0. The first kappa shape index (κ1) is 19.1. The molecule has 1 aliphatic heterocycles. The molecule has 2 N–H and O–H groups in total. The number of H-pyrrole nitrogens is 1. The van der Waals surface area contributed by atoms with Crippen LogP contribution in [0.15, 0.2) is 64.2 Å². The van der Waals surface area contributed by atoms with Gasteiger partial charge in [-0.05, 0) is 30.5 Å². The fourth-order valence-electron chi connectivity index (χ4n) is 3.74. The average molecular weight is 393 g/mol. The summed E-state index contributed by atoms with van der Waals surface area (Å²) in [4.78, 5) is 41.6. The van der Waals surface area contributed by atoms with E-state index in [1.165, 1.54) is 0 Å². The van der Waals surface area contributed by atoms with Crippen molar-refractivity contribution in [3.05, 3.63) is 81.0 Å². The van der Waals surface area contributed by atoms with Gasteiger partial charge < -0.3 is 15.0 Å². The Morgan fingerprint density at radius 3 is 2.66 bits per heavy atom. The Bertz CT molecular complexity index is 1110. The first-order chi connectivity index (χ1) is 14.1. The Morgan fingerprint density at radius 1 is 1.14 bits per heavy atom. The predicted molar refractivity (Wildman–Crippen MR) is 110 cm³/mol. The van der Waals surface area contributed by atoms with E-state index >= 15 is 0 Å². The number of hydrogen-bond acceptors (Lipinski definition) is 4. The van der Waals surface area contributed by atoms with Gasteiger partial charge in [0, 0.05) is 19.6 Å². The zero-order chi connectivity index (χ0) is 20.2. The van der Waals surface area contributed by atoms with E-state index in [0.29, 0.717) is 24.1 Å². The number of rotatable bonds is 6. The molecule has 1 amide bonds. The Hall–Kier alpha value is -3.19. The summed E-state index contributed by atoms with van der Waals surface area (Å²) in [6.07, 6.45) is 2.07. The maximum Gasteiger partial charge on any atom is 0.329 e. The van der Waals surface area contributed by atoms with E-state index in [2.05, 4.69) is 10.3 Å². The van der Waals surface area contributed by atoms with Crippen molar-refractivity contribution < 1.29 is 9.53 Å². The Balaban J connectivity index is 1.71. The Kier molecular flexibility index (Phi) is 5.57. The van der Waals surface area contributed by atoms with Crippen molar-refractivity contribution in [1.29, 1.82) is 0 Å². The van der Waals surface area contributed by atoms with Gasteiger partial charge in [-0.2, -0.15) is 0 Å². The standard InChI is InChI=1S/C22H23N3O4/c26-20(23-14-16-9-6-12-29-16)19(13-15-7-2-1-3-8-15)25-21(27)17-10-4-5-11-18(17)24-22(25)28/h1-5,7-8,10-11,16,19H,6,9,12-14H2,(H,23,26)(H,24,28)/t16-,19+/m0/s1. The van der Waals surface area contributed by atoms with Crippen molar-refractivity contribution in [1.82, 2.24) is 14.9 Å². The molecule has 2 atom stereocenters. The molecule has 0 radical (unpaired) electrons. The molecule has 0 saturated carbocycles. The lowest BCUT2D eigenvalue weighted by Gasteiger charge is -2.20. The number of para-hydroxylation sites is 1. The number of nitrogens with zero attached hydrogens (tertiary/aromatic N) is 1. The molecular weight excluding hydrogens is 370 g/mol. The van der Waals surface area contributed by atoms with E-state index in [-0.39, 0.29) is 18.4 Å². The summed E-state index contributed by atoms with van der Waals surface area (Å²) in [5.41, 5.74) is 0.251. The molecule has 1 aromatic heterocycles. The number of aromatic amines is 1. The molecule has 4 rings (SSSR count). The van der Waals surface area contributed by atoms with E-state index in [9.17, 15) is 14.4 Å². The van der Waals surface area contributed by atoms with Gasteiger partial charge in [0.15, 0.2) is 0 Å². The Labute approximate surface area is 167 Å². The normalized spacial score (nSPS) is 17.3. The molecule has 0 aliphatic carbocycles. The van der Waals surface area contributed by atoms with Crippen LogP contribution in [0.2, 0.25) is 0 Å². The summed E-state index contributed by atoms with van der Waals surface area (Å²) >= 11 is 0. The number of hydrogen-bond donors (Lipinski definition) is 2. The highest BCUT2D eigenvalue weighted by molar-refractivity contribution is 5.82. The van der Waals surface area contributed by atoms with Crippen molar-refractivity contribution in [2.75, 3.05) is 13.2 Å². The van der Waals surface area contributed by atoms with Crippen molar-refractivity contribution in [3.8, 4) is 0 Å². The molecule has 0 bridgehead atoms. The smallest absolute Gasteiger partial charge is 0.329 e. The summed E-state index contributed by atoms with van der Waals surface area (Å²) in [5.74, 6) is -0.368. The molecule has 1 saturated heterocycles. The number of nitrogens with one attached hydrogen (secondary N) is 2. The first-order valence-electron chi connectivity index (χ1n) is 9.80. The van der Waals surface area contributed by atoms with E-state index in [1.54, 1.807) is 24.3 Å². The maximum absolute atomic E-state index is 13.1. The van der Waals surface area contributed by atoms with Gasteiger partial charge in [0.25, 0.3) is 5.56 Å². The molecule has 1 fully saturated rings. The maximum atomic E-state index is 13.1. The molecule has 2 aromatic carbocycles. The zero-order valence-corrected chi connectivity index (χ0v) is 16.0. The van der Waals surface area contributed by atoms with Gasteiger partial charge in [-0.1, -0.05) is 42.5 Å². The van der Waals surface area contributed by atoms with Crippen LogP contribution in [0.25, 0.3) is 10.9 Å². The fraction of sp³-hybridized carbons (Fsp3) is 0.318. The third-order valence-corrected chi connectivity index (χ3v) is 5.25. The molecule has 150 valence electrons. The van der Waals surface area contributed by atoms with Gasteiger partial charge in [-0.15, -0.1) is 0 Å². The topological polar surface area (TPSA) is 93.2 Å². The van der Waals surface area contributed by atoms with Crippen LogP contribution in [0.5, 0.6) is 0 Å². The largest absolute Gasteiger partial charge is 0.376 e. The van der Waals surface area contributed by atoms with Crippen LogP contribution >= 0.6 is 0 Å². The van der Waals surface area contributed by atoms with Crippen LogP contribution in [0.3, 0.4) is 0 Å². The van der Waals surface area contributed by atoms with Crippen molar-refractivity contribution in [2.24, 2.45) is 0 Å². The molecule has 2 heterocycles. The first-order valence-corrected chi connectivity index (χ1v) is 9.80. The molecule has 0 spiro atoms. The van der Waals surface area contributed by atoms with Crippen molar-refractivity contribution in [2.45, 2.75) is 31.4 Å². The second-order valence-electron chi connectivity index (χ2n) is 7.24. The van der Waals surface area contributed by atoms with Crippen LogP contribution in [-0.2, 0) is 16.0 Å². The SMILES string of the molecule is O=C(NC[C@@H]1CCCO1)[C@@H](Cc1ccccc1)n1c(=O)[nH]c2ccccc2c1=O. The van der Waals surface area contributed by atoms with Crippen LogP contribution in [0, 0.1) is 0 Å². The summed E-state index contributed by atoms with van der Waals surface area (Å²) < 4.78 is 6.59. The number of carbonyl (C=O) groups is 1. The van der Waals surface area contributed by atoms with Crippen LogP contribution in [0.4, 0.5) is 0 Å². The van der Waals surface area contributed by atoms with E-state index < -0.39 is 17.3 Å². The molecule has 29 heavy (non-hydrogen) atoms. The summed E-state index contributed by atoms with van der Waals surface area (Å²) in [7, 11) is 0. The third kappa shape index (κ3) is 4.14. The van der Waals surface area contributed by atoms with Gasteiger partial charge in [0.1, 0.15) is 6.04 Å². The van der Waals surface area contributed by atoms with Crippen LogP contribution in [0.1, 0.15) is 24.4 Å². The summed E-state index contributed by atoms with van der Waals surface area (Å²) in [6.45, 7) is 1.06. The molecule has 7 heteroatoms. The van der Waals surface area contributed by atoms with Gasteiger partial charge in [-0.25, -0.2) is 9.36 Å². The highest BCUT2D eigenvalue weighted by atomic mass is 16.5. The molecule has 3 aromatic rings. The molecular formula is C22H23N3O4. The highest BCUT2D eigenvalue weighted by Crippen LogP contribution is 2.15. The number of carbonyl (C=O) groups excluding carboxylic acids is 1. The van der Waals surface area contributed by atoms with E-state index in [4.69, 9.17) is 4.74 Å². The predicted octanol–water partition coefficient (Wildman–Crippen LogP) is 1.77. The quantitative estimate of drug-likeness (QED) is 0.668. The van der Waals surface area contributed by atoms with Crippen molar-refractivity contribution in [3.63, 3.8) is 0 Å². The molecule has 7 nitrogen and oxygen atoms in total. The minimum atomic E-state index is -0.959. The monoisotopic (exact) mass is 393 g/mol. The van der Waals surface area contributed by atoms with Gasteiger partial charge in [0.05, 0.1) is 17.0 Å². The fourth-order valence-corrected chi connectivity index (χ4v) is 3.74. The number of fused-ring (bicyclic) bond motifs is 1. The summed E-state index contributed by atoms with van der Waals surface area (Å²) in [6, 6.07) is 15.2. The number of ether oxygens (including phenoxy) is 1. The van der Waals surface area contributed by atoms with E-state index in [0.717, 1.165) is 23.0 Å². The lowest BCUT2D eigenvalue weighted by Crippen LogP contribution is -2.46. The molecule has 0 unspecified atom stereocenters. The third-order valence-electron chi connectivity index (χ3n) is 5.25. The lowest BCUT2D eigenvalue weighted by molar-refractivity contribution is -0.125. The highest BCUT2D eigenvalue weighted by Gasteiger charge is 2.26.